The minimum Gasteiger partial charge on any atom is -0.462 e. The van der Waals surface area contributed by atoms with Gasteiger partial charge in [0, 0.05) is 25.7 Å². The molecule has 4 unspecified atom stereocenters. The van der Waals surface area contributed by atoms with Gasteiger partial charge in [0.15, 0.2) is 12.2 Å². The molecule has 0 saturated heterocycles. The Kier molecular flexibility index (Phi) is 65.0. The third-order valence-electron chi connectivity index (χ3n) is 18.5. The Morgan fingerprint density at radius 2 is 0.500 bits per heavy atom. The summed E-state index contributed by atoms with van der Waals surface area (Å²) in [4.78, 5) is 72.8. The summed E-state index contributed by atoms with van der Waals surface area (Å²) in [6.07, 6.45) is 51.6. The molecule has 0 aromatic heterocycles. The van der Waals surface area contributed by atoms with E-state index in [0.717, 1.165) is 114 Å². The molecule has 0 saturated carbocycles. The molecule has 7 atom stereocenters. The number of hydrogen-bond donors (Lipinski definition) is 3. The molecular formula is C77H150O17P2. The lowest BCUT2D eigenvalue weighted by atomic mass is 9.99. The van der Waals surface area contributed by atoms with E-state index in [2.05, 4.69) is 55.4 Å². The summed E-state index contributed by atoms with van der Waals surface area (Å²) >= 11 is 0. The average molecular weight is 1410 g/mol. The predicted octanol–water partition coefficient (Wildman–Crippen LogP) is 22.4. The number of aliphatic hydroxyl groups excluding tert-OH is 1. The highest BCUT2D eigenvalue weighted by atomic mass is 31.2. The van der Waals surface area contributed by atoms with E-state index in [1.54, 1.807) is 0 Å². The van der Waals surface area contributed by atoms with Gasteiger partial charge in [-0.25, -0.2) is 9.13 Å². The van der Waals surface area contributed by atoms with Crippen molar-refractivity contribution in [3.8, 4) is 0 Å². The fourth-order valence-corrected chi connectivity index (χ4v) is 13.2. The Morgan fingerprint density at radius 1 is 0.292 bits per heavy atom. The van der Waals surface area contributed by atoms with Crippen molar-refractivity contribution < 1.29 is 80.2 Å². The molecule has 0 amide bonds. The molecule has 0 aromatic carbocycles. The first-order chi connectivity index (χ1) is 46.2. The molecule has 0 aliphatic rings. The van der Waals surface area contributed by atoms with Crippen LogP contribution < -0.4 is 0 Å². The quantitative estimate of drug-likeness (QED) is 0.0222. The van der Waals surface area contributed by atoms with Gasteiger partial charge in [-0.3, -0.25) is 37.3 Å². The standard InChI is InChI=1S/C77H150O17P2/c1-9-69(7)55-47-39-30-26-22-18-15-16-20-24-28-32-43-51-59-76(81)93-72(63-87-74(79)57-49-41-31-27-23-19-14-12-11-13-17-21-25-29-37-45-53-67(3)4)65-91-95(83,84)89-61-71(78)62-90-96(85,86)92-66-73(64-88-75(80)58-50-42-35-33-38-46-54-68(5)6)94-77(82)60-52-44-36-34-40-48-56-70(8)10-2/h67-73,78H,9-66H2,1-8H3,(H,83,84)(H,85,86)/t69?,70?,71-,72-,73-/m1/s1. The van der Waals surface area contributed by atoms with Crippen LogP contribution in [0.4, 0.5) is 0 Å². The molecule has 0 spiro atoms. The fourth-order valence-electron chi connectivity index (χ4n) is 11.7. The minimum atomic E-state index is -4.96. The number of esters is 4. The van der Waals surface area contributed by atoms with Crippen molar-refractivity contribution in [1.82, 2.24) is 0 Å². The van der Waals surface area contributed by atoms with Crippen molar-refractivity contribution in [3.63, 3.8) is 0 Å². The van der Waals surface area contributed by atoms with Crippen molar-refractivity contribution in [2.75, 3.05) is 39.6 Å². The van der Waals surface area contributed by atoms with Gasteiger partial charge in [0.05, 0.1) is 26.4 Å². The molecule has 0 radical (unpaired) electrons. The van der Waals surface area contributed by atoms with Gasteiger partial charge in [-0.2, -0.15) is 0 Å². The molecule has 570 valence electrons. The third-order valence-corrected chi connectivity index (χ3v) is 20.4. The first-order valence-corrected chi connectivity index (χ1v) is 42.8. The van der Waals surface area contributed by atoms with Crippen molar-refractivity contribution in [2.45, 2.75) is 408 Å². The van der Waals surface area contributed by atoms with E-state index in [0.29, 0.717) is 31.6 Å². The molecule has 0 bridgehead atoms. The molecule has 96 heavy (non-hydrogen) atoms. The number of rotatable bonds is 74. The third kappa shape index (κ3) is 67.9. The normalized spacial score (nSPS) is 14.7. The lowest BCUT2D eigenvalue weighted by Gasteiger charge is -2.21. The van der Waals surface area contributed by atoms with E-state index >= 15 is 0 Å². The summed E-state index contributed by atoms with van der Waals surface area (Å²) < 4.78 is 68.5. The second-order valence-electron chi connectivity index (χ2n) is 29.2. The smallest absolute Gasteiger partial charge is 0.462 e. The summed E-state index contributed by atoms with van der Waals surface area (Å²) in [7, 11) is -9.91. The molecule has 0 rings (SSSR count). The van der Waals surface area contributed by atoms with Gasteiger partial charge < -0.3 is 33.8 Å². The molecule has 3 N–H and O–H groups in total. The SMILES string of the molecule is CCC(C)CCCCCCCCCCCCCCCCC(=O)O[C@H](COC(=O)CCCCCCCCCCCCCCCCCCC(C)C)COP(=O)(O)OC[C@@H](O)COP(=O)(O)OC[C@@H](COC(=O)CCCCCCCCC(C)C)OC(=O)CCCCCCCCC(C)CC. The summed E-state index contributed by atoms with van der Waals surface area (Å²) in [6, 6.07) is 0. The summed E-state index contributed by atoms with van der Waals surface area (Å²) in [5.74, 6) is 0.933. The van der Waals surface area contributed by atoms with E-state index in [-0.39, 0.29) is 25.7 Å². The van der Waals surface area contributed by atoms with E-state index in [1.807, 2.05) is 0 Å². The number of phosphoric ester groups is 2. The Bertz CT molecular complexity index is 1890. The maximum absolute atomic E-state index is 13.1. The largest absolute Gasteiger partial charge is 0.472 e. The molecular weight excluding hydrogens is 1260 g/mol. The number of unbranched alkanes of at least 4 members (excludes halogenated alkanes) is 38. The lowest BCUT2D eigenvalue weighted by Crippen LogP contribution is -2.30. The van der Waals surface area contributed by atoms with Crippen molar-refractivity contribution in [2.24, 2.45) is 23.7 Å². The summed E-state index contributed by atoms with van der Waals surface area (Å²) in [6.45, 7) is 14.2. The molecule has 0 heterocycles. The van der Waals surface area contributed by atoms with Crippen LogP contribution in [0.15, 0.2) is 0 Å². The second-order valence-corrected chi connectivity index (χ2v) is 32.1. The van der Waals surface area contributed by atoms with E-state index in [4.69, 9.17) is 37.0 Å². The van der Waals surface area contributed by atoms with Crippen LogP contribution in [0, 0.1) is 23.7 Å². The van der Waals surface area contributed by atoms with E-state index in [9.17, 15) is 43.2 Å². The zero-order valence-electron chi connectivity index (χ0n) is 63.0. The summed E-state index contributed by atoms with van der Waals surface area (Å²) in [5, 5.41) is 10.6. The van der Waals surface area contributed by atoms with Crippen molar-refractivity contribution in [3.05, 3.63) is 0 Å². The van der Waals surface area contributed by atoms with Crippen LogP contribution >= 0.6 is 15.6 Å². The van der Waals surface area contributed by atoms with Gasteiger partial charge in [0.1, 0.15) is 19.3 Å². The first kappa shape index (κ1) is 94.1. The van der Waals surface area contributed by atoms with Crippen LogP contribution in [-0.2, 0) is 65.4 Å². The molecule has 0 aliphatic carbocycles. The van der Waals surface area contributed by atoms with Gasteiger partial charge in [0.25, 0.3) is 0 Å². The Balaban J connectivity index is 5.21. The Labute approximate surface area is 588 Å². The number of hydrogen-bond acceptors (Lipinski definition) is 15. The number of carbonyl (C=O) groups is 4. The van der Waals surface area contributed by atoms with Crippen LogP contribution in [0.2, 0.25) is 0 Å². The van der Waals surface area contributed by atoms with E-state index < -0.39 is 97.5 Å². The monoisotopic (exact) mass is 1410 g/mol. The molecule has 0 aromatic rings. The van der Waals surface area contributed by atoms with Crippen LogP contribution in [0.3, 0.4) is 0 Å². The number of phosphoric acid groups is 2. The van der Waals surface area contributed by atoms with Crippen LogP contribution in [0.5, 0.6) is 0 Å². The van der Waals surface area contributed by atoms with Crippen LogP contribution in [0.25, 0.3) is 0 Å². The lowest BCUT2D eigenvalue weighted by molar-refractivity contribution is -0.161. The average Bonchev–Trinajstić information content (AvgIpc) is 1.41. The van der Waals surface area contributed by atoms with Gasteiger partial charge in [-0.05, 0) is 49.4 Å². The minimum absolute atomic E-state index is 0.102. The molecule has 0 aliphatic heterocycles. The van der Waals surface area contributed by atoms with Gasteiger partial charge >= 0.3 is 39.5 Å². The van der Waals surface area contributed by atoms with Gasteiger partial charge in [-0.15, -0.1) is 0 Å². The first-order valence-electron chi connectivity index (χ1n) is 39.8. The topological polar surface area (TPSA) is 237 Å². The maximum atomic E-state index is 13.1. The zero-order valence-corrected chi connectivity index (χ0v) is 64.8. The molecule has 19 heteroatoms. The highest BCUT2D eigenvalue weighted by molar-refractivity contribution is 7.47. The Morgan fingerprint density at radius 3 is 0.740 bits per heavy atom. The maximum Gasteiger partial charge on any atom is 0.472 e. The van der Waals surface area contributed by atoms with Crippen LogP contribution in [0.1, 0.15) is 389 Å². The summed E-state index contributed by atoms with van der Waals surface area (Å²) in [5.41, 5.74) is 0. The Hall–Kier alpha value is -1.94. The number of ether oxygens (including phenoxy) is 4. The fraction of sp³-hybridized carbons (Fsp3) is 0.948. The predicted molar refractivity (Wildman–Crippen MR) is 391 cm³/mol. The second kappa shape index (κ2) is 66.3. The van der Waals surface area contributed by atoms with Crippen molar-refractivity contribution in [1.29, 1.82) is 0 Å². The van der Waals surface area contributed by atoms with Gasteiger partial charge in [-0.1, -0.05) is 338 Å². The molecule has 17 nitrogen and oxygen atoms in total. The highest BCUT2D eigenvalue weighted by Crippen LogP contribution is 2.45. The number of aliphatic hydroxyl groups is 1. The highest BCUT2D eigenvalue weighted by Gasteiger charge is 2.30. The number of carbonyl (C=O) groups excluding carboxylic acids is 4. The van der Waals surface area contributed by atoms with E-state index in [1.165, 1.54) is 186 Å². The van der Waals surface area contributed by atoms with Crippen molar-refractivity contribution >= 4 is 39.5 Å². The zero-order chi connectivity index (χ0) is 71.0. The van der Waals surface area contributed by atoms with Crippen LogP contribution in [-0.4, -0.2) is 96.7 Å². The van der Waals surface area contributed by atoms with Gasteiger partial charge in [0.2, 0.25) is 0 Å². The molecule has 0 fully saturated rings.